The molecule has 0 saturated carbocycles. The van der Waals surface area contributed by atoms with Crippen LogP contribution < -0.4 is 10.1 Å². The zero-order valence-electron chi connectivity index (χ0n) is 12.1. The summed E-state index contributed by atoms with van der Waals surface area (Å²) in [6.07, 6.45) is 0. The highest BCUT2D eigenvalue weighted by atomic mass is 32.1. The van der Waals surface area contributed by atoms with E-state index in [-0.39, 0.29) is 11.7 Å². The lowest BCUT2D eigenvalue weighted by atomic mass is 10.2. The van der Waals surface area contributed by atoms with Crippen LogP contribution in [-0.2, 0) is 0 Å². The maximum atomic E-state index is 12.9. The summed E-state index contributed by atoms with van der Waals surface area (Å²) in [5.41, 5.74) is 1.23. The Kier molecular flexibility index (Phi) is 4.29. The van der Waals surface area contributed by atoms with Crippen LogP contribution in [0.1, 0.15) is 10.4 Å². The molecule has 0 aliphatic carbocycles. The summed E-state index contributed by atoms with van der Waals surface area (Å²) in [6, 6.07) is 12.7. The first-order chi connectivity index (χ1) is 11.2. The SMILES string of the molecule is COc1ccc(-c2nnc(NC(=O)c3ccc(F)cc3)s2)cc1. The Morgan fingerprint density at radius 2 is 1.78 bits per heavy atom. The highest BCUT2D eigenvalue weighted by Gasteiger charge is 2.11. The predicted octanol–water partition coefficient (Wildman–Crippen LogP) is 3.61. The molecule has 1 amide bonds. The number of ether oxygens (including phenoxy) is 1. The first-order valence-corrected chi connectivity index (χ1v) is 7.52. The van der Waals surface area contributed by atoms with E-state index in [9.17, 15) is 9.18 Å². The molecule has 0 fully saturated rings. The molecule has 1 N–H and O–H groups in total. The van der Waals surface area contributed by atoms with E-state index in [0.29, 0.717) is 15.7 Å². The monoisotopic (exact) mass is 329 g/mol. The Bertz CT molecular complexity index is 816. The minimum absolute atomic E-state index is 0.354. The summed E-state index contributed by atoms with van der Waals surface area (Å²) >= 11 is 1.26. The van der Waals surface area contributed by atoms with Gasteiger partial charge in [-0.2, -0.15) is 0 Å². The maximum absolute atomic E-state index is 12.9. The van der Waals surface area contributed by atoms with Crippen LogP contribution in [0.4, 0.5) is 9.52 Å². The second kappa shape index (κ2) is 6.53. The number of halogens is 1. The van der Waals surface area contributed by atoms with Gasteiger partial charge >= 0.3 is 0 Å². The van der Waals surface area contributed by atoms with Crippen LogP contribution in [0.3, 0.4) is 0 Å². The highest BCUT2D eigenvalue weighted by Crippen LogP contribution is 2.27. The number of methoxy groups -OCH3 is 1. The number of aromatic nitrogens is 2. The van der Waals surface area contributed by atoms with Gasteiger partial charge in [0.2, 0.25) is 5.13 Å². The molecule has 1 aromatic heterocycles. The molecule has 0 spiro atoms. The van der Waals surface area contributed by atoms with Crippen LogP contribution in [0.5, 0.6) is 5.75 Å². The average molecular weight is 329 g/mol. The Balaban J connectivity index is 1.73. The Hall–Kier alpha value is -2.80. The van der Waals surface area contributed by atoms with E-state index in [1.165, 1.54) is 35.6 Å². The lowest BCUT2D eigenvalue weighted by molar-refractivity contribution is 0.102. The van der Waals surface area contributed by atoms with Gasteiger partial charge in [-0.1, -0.05) is 11.3 Å². The first kappa shape index (κ1) is 15.1. The van der Waals surface area contributed by atoms with Crippen molar-refractivity contribution in [2.75, 3.05) is 12.4 Å². The standard InChI is InChI=1S/C16H12FN3O2S/c1-22-13-8-4-11(5-9-13)15-19-20-16(23-15)18-14(21)10-2-6-12(17)7-3-10/h2-9H,1H3,(H,18,20,21). The Morgan fingerprint density at radius 3 is 2.43 bits per heavy atom. The summed E-state index contributed by atoms with van der Waals surface area (Å²) in [5.74, 6) is 0.00443. The number of rotatable bonds is 4. The van der Waals surface area contributed by atoms with E-state index in [4.69, 9.17) is 4.74 Å². The van der Waals surface area contributed by atoms with Crippen LogP contribution in [0, 0.1) is 5.82 Å². The fourth-order valence-corrected chi connectivity index (χ4v) is 2.64. The van der Waals surface area contributed by atoms with Gasteiger partial charge in [0.05, 0.1) is 7.11 Å². The van der Waals surface area contributed by atoms with Crippen molar-refractivity contribution in [2.45, 2.75) is 0 Å². The highest BCUT2D eigenvalue weighted by molar-refractivity contribution is 7.18. The Labute approximate surface area is 135 Å². The number of carbonyl (C=O) groups is 1. The number of hydrogen-bond donors (Lipinski definition) is 1. The average Bonchev–Trinajstić information content (AvgIpc) is 3.04. The lowest BCUT2D eigenvalue weighted by Gasteiger charge is -2.01. The number of amides is 1. The molecule has 0 saturated heterocycles. The van der Waals surface area contributed by atoms with Gasteiger partial charge in [0.25, 0.3) is 5.91 Å². The summed E-state index contributed by atoms with van der Waals surface area (Å²) in [7, 11) is 1.60. The molecule has 2 aromatic carbocycles. The summed E-state index contributed by atoms with van der Waals surface area (Å²) < 4.78 is 18.0. The molecular weight excluding hydrogens is 317 g/mol. The van der Waals surface area contributed by atoms with E-state index < -0.39 is 0 Å². The third-order valence-electron chi connectivity index (χ3n) is 3.09. The summed E-state index contributed by atoms with van der Waals surface area (Å²) in [6.45, 7) is 0. The molecule has 5 nitrogen and oxygen atoms in total. The van der Waals surface area contributed by atoms with Gasteiger partial charge in [-0.15, -0.1) is 10.2 Å². The molecule has 0 aliphatic rings. The van der Waals surface area contributed by atoms with E-state index in [1.54, 1.807) is 7.11 Å². The smallest absolute Gasteiger partial charge is 0.257 e. The number of benzene rings is 2. The molecule has 0 radical (unpaired) electrons. The van der Waals surface area contributed by atoms with Crippen molar-refractivity contribution in [3.05, 3.63) is 59.9 Å². The molecule has 3 aromatic rings. The van der Waals surface area contributed by atoms with Crippen LogP contribution in [0.15, 0.2) is 48.5 Å². The number of hydrogen-bond acceptors (Lipinski definition) is 5. The molecule has 116 valence electrons. The number of carbonyl (C=O) groups excluding carboxylic acids is 1. The van der Waals surface area contributed by atoms with Crippen molar-refractivity contribution in [1.29, 1.82) is 0 Å². The normalized spacial score (nSPS) is 10.3. The van der Waals surface area contributed by atoms with Crippen molar-refractivity contribution in [1.82, 2.24) is 10.2 Å². The van der Waals surface area contributed by atoms with Crippen molar-refractivity contribution < 1.29 is 13.9 Å². The number of anilines is 1. The molecule has 1 heterocycles. The molecule has 0 aliphatic heterocycles. The van der Waals surface area contributed by atoms with Crippen molar-refractivity contribution in [3.63, 3.8) is 0 Å². The van der Waals surface area contributed by atoms with Gasteiger partial charge < -0.3 is 4.74 Å². The van der Waals surface area contributed by atoms with E-state index >= 15 is 0 Å². The zero-order chi connectivity index (χ0) is 16.2. The third kappa shape index (κ3) is 3.51. The minimum Gasteiger partial charge on any atom is -0.497 e. The summed E-state index contributed by atoms with van der Waals surface area (Å²) in [4.78, 5) is 12.0. The Morgan fingerprint density at radius 1 is 1.09 bits per heavy atom. The van der Waals surface area contributed by atoms with Crippen LogP contribution in [0.25, 0.3) is 10.6 Å². The van der Waals surface area contributed by atoms with E-state index in [1.807, 2.05) is 24.3 Å². The van der Waals surface area contributed by atoms with Gasteiger partial charge in [0.1, 0.15) is 16.6 Å². The third-order valence-corrected chi connectivity index (χ3v) is 3.98. The molecule has 0 unspecified atom stereocenters. The fraction of sp³-hybridized carbons (Fsp3) is 0.0625. The van der Waals surface area contributed by atoms with Gasteiger partial charge in [-0.3, -0.25) is 10.1 Å². The number of nitrogens with zero attached hydrogens (tertiary/aromatic N) is 2. The molecule has 0 atom stereocenters. The predicted molar refractivity (Wildman–Crippen MR) is 86.3 cm³/mol. The molecule has 7 heteroatoms. The lowest BCUT2D eigenvalue weighted by Crippen LogP contribution is -2.11. The van der Waals surface area contributed by atoms with Gasteiger partial charge in [0, 0.05) is 11.1 Å². The number of nitrogens with one attached hydrogen (secondary N) is 1. The van der Waals surface area contributed by atoms with Crippen molar-refractivity contribution >= 4 is 22.4 Å². The van der Waals surface area contributed by atoms with Crippen LogP contribution >= 0.6 is 11.3 Å². The fourth-order valence-electron chi connectivity index (χ4n) is 1.89. The van der Waals surface area contributed by atoms with Gasteiger partial charge in [-0.05, 0) is 48.5 Å². The molecule has 3 rings (SSSR count). The van der Waals surface area contributed by atoms with Crippen LogP contribution in [-0.4, -0.2) is 23.2 Å². The molecule has 0 bridgehead atoms. The van der Waals surface area contributed by atoms with Gasteiger partial charge in [-0.25, -0.2) is 4.39 Å². The van der Waals surface area contributed by atoms with Crippen molar-refractivity contribution in [3.8, 4) is 16.3 Å². The first-order valence-electron chi connectivity index (χ1n) is 6.70. The minimum atomic E-state index is -0.390. The zero-order valence-corrected chi connectivity index (χ0v) is 12.9. The van der Waals surface area contributed by atoms with E-state index in [2.05, 4.69) is 15.5 Å². The maximum Gasteiger partial charge on any atom is 0.257 e. The summed E-state index contributed by atoms with van der Waals surface area (Å²) in [5, 5.41) is 11.7. The van der Waals surface area contributed by atoms with Crippen LogP contribution in [0.2, 0.25) is 0 Å². The molecular formula is C16H12FN3O2S. The van der Waals surface area contributed by atoms with Crippen molar-refractivity contribution in [2.24, 2.45) is 0 Å². The second-order valence-corrected chi connectivity index (χ2v) is 5.58. The largest absolute Gasteiger partial charge is 0.497 e. The topological polar surface area (TPSA) is 64.1 Å². The van der Waals surface area contributed by atoms with Gasteiger partial charge in [0.15, 0.2) is 0 Å². The molecule has 23 heavy (non-hydrogen) atoms. The quantitative estimate of drug-likeness (QED) is 0.794. The second-order valence-electron chi connectivity index (χ2n) is 4.60. The van der Waals surface area contributed by atoms with E-state index in [0.717, 1.165) is 11.3 Å².